The SMILES string of the molecule is Cc1ccc(-c2nc3cc(NC(=S)NC(=O)c4cccc(I)c4)ccc3o2)cc1C. The van der Waals surface area contributed by atoms with Crippen LogP contribution in [0.4, 0.5) is 5.69 Å². The Hall–Kier alpha value is -2.78. The fraction of sp³-hybridized carbons (Fsp3) is 0.0870. The number of anilines is 1. The molecule has 5 nitrogen and oxygen atoms in total. The third-order valence-corrected chi connectivity index (χ3v) is 5.59. The molecule has 0 aliphatic carbocycles. The van der Waals surface area contributed by atoms with Crippen LogP contribution in [0.2, 0.25) is 0 Å². The first-order chi connectivity index (χ1) is 14.4. The van der Waals surface area contributed by atoms with Gasteiger partial charge in [0.2, 0.25) is 5.89 Å². The monoisotopic (exact) mass is 527 g/mol. The Morgan fingerprint density at radius 1 is 1.03 bits per heavy atom. The van der Waals surface area contributed by atoms with E-state index in [9.17, 15) is 4.79 Å². The molecule has 0 bridgehead atoms. The first kappa shape index (κ1) is 20.5. The molecule has 0 saturated heterocycles. The lowest BCUT2D eigenvalue weighted by Gasteiger charge is -2.09. The lowest BCUT2D eigenvalue weighted by Crippen LogP contribution is -2.34. The molecule has 0 spiro atoms. The van der Waals surface area contributed by atoms with Crippen molar-refractivity contribution < 1.29 is 9.21 Å². The van der Waals surface area contributed by atoms with Gasteiger partial charge in [-0.05, 0) is 108 Å². The van der Waals surface area contributed by atoms with Gasteiger partial charge >= 0.3 is 0 Å². The van der Waals surface area contributed by atoms with E-state index in [-0.39, 0.29) is 11.0 Å². The third-order valence-electron chi connectivity index (χ3n) is 4.71. The minimum atomic E-state index is -0.259. The molecule has 0 aliphatic heterocycles. The first-order valence-corrected chi connectivity index (χ1v) is 10.7. The van der Waals surface area contributed by atoms with Gasteiger partial charge in [-0.25, -0.2) is 4.98 Å². The molecule has 7 heteroatoms. The molecule has 4 aromatic rings. The summed E-state index contributed by atoms with van der Waals surface area (Å²) in [6.07, 6.45) is 0. The molecule has 0 saturated carbocycles. The first-order valence-electron chi connectivity index (χ1n) is 9.25. The molecule has 0 fully saturated rings. The summed E-state index contributed by atoms with van der Waals surface area (Å²) in [5.74, 6) is 0.311. The van der Waals surface area contributed by atoms with Gasteiger partial charge in [0.15, 0.2) is 10.7 Å². The highest BCUT2D eigenvalue weighted by Gasteiger charge is 2.12. The van der Waals surface area contributed by atoms with Crippen LogP contribution in [0.1, 0.15) is 21.5 Å². The molecule has 1 heterocycles. The van der Waals surface area contributed by atoms with Crippen LogP contribution in [0, 0.1) is 17.4 Å². The van der Waals surface area contributed by atoms with Crippen molar-refractivity contribution in [2.24, 2.45) is 0 Å². The second-order valence-corrected chi connectivity index (χ2v) is 8.57. The van der Waals surface area contributed by atoms with Crippen LogP contribution in [0.5, 0.6) is 0 Å². The van der Waals surface area contributed by atoms with Crippen molar-refractivity contribution in [3.63, 3.8) is 0 Å². The zero-order valence-corrected chi connectivity index (χ0v) is 19.3. The molecule has 3 aromatic carbocycles. The number of aryl methyl sites for hydroxylation is 2. The van der Waals surface area contributed by atoms with E-state index in [1.807, 2.05) is 36.4 Å². The number of carbonyl (C=O) groups excluding carboxylic acids is 1. The number of hydrogen-bond donors (Lipinski definition) is 2. The molecule has 0 unspecified atom stereocenters. The number of nitrogens with zero attached hydrogens (tertiary/aromatic N) is 1. The molecule has 0 atom stereocenters. The third kappa shape index (κ3) is 4.52. The summed E-state index contributed by atoms with van der Waals surface area (Å²) in [6.45, 7) is 4.14. The van der Waals surface area contributed by atoms with Gasteiger partial charge in [0.25, 0.3) is 5.91 Å². The second-order valence-electron chi connectivity index (χ2n) is 6.92. The highest BCUT2D eigenvalue weighted by Crippen LogP contribution is 2.27. The molecule has 2 N–H and O–H groups in total. The summed E-state index contributed by atoms with van der Waals surface area (Å²) in [5.41, 5.74) is 6.01. The maximum atomic E-state index is 12.4. The van der Waals surface area contributed by atoms with Crippen molar-refractivity contribution >= 4 is 62.6 Å². The lowest BCUT2D eigenvalue weighted by molar-refractivity contribution is 0.0977. The second kappa shape index (κ2) is 8.53. The van der Waals surface area contributed by atoms with Crippen molar-refractivity contribution in [1.29, 1.82) is 0 Å². The Labute approximate surface area is 193 Å². The zero-order chi connectivity index (χ0) is 21.3. The predicted molar refractivity (Wildman–Crippen MR) is 132 cm³/mol. The van der Waals surface area contributed by atoms with Crippen LogP contribution in [0.25, 0.3) is 22.6 Å². The number of halogens is 1. The molecule has 1 amide bonds. The van der Waals surface area contributed by atoms with Gasteiger partial charge in [0, 0.05) is 20.4 Å². The Balaban J connectivity index is 1.50. The standard InChI is InChI=1S/C23H18IN3O2S/c1-13-6-7-16(10-14(13)2)22-26-19-12-18(8-9-20(19)29-22)25-23(30)27-21(28)15-4-3-5-17(24)11-15/h3-12H,1-2H3,(H2,25,27,28,30). The predicted octanol–water partition coefficient (Wildman–Crippen LogP) is 5.84. The van der Waals surface area contributed by atoms with E-state index < -0.39 is 0 Å². The Bertz CT molecular complexity index is 1280. The number of benzene rings is 3. The van der Waals surface area contributed by atoms with Gasteiger partial charge in [0.05, 0.1) is 0 Å². The number of hydrogen-bond acceptors (Lipinski definition) is 4. The minimum absolute atomic E-state index is 0.219. The topological polar surface area (TPSA) is 67.2 Å². The van der Waals surface area contributed by atoms with Crippen molar-refractivity contribution in [3.8, 4) is 11.5 Å². The van der Waals surface area contributed by atoms with E-state index in [2.05, 4.69) is 64.2 Å². The van der Waals surface area contributed by atoms with Gasteiger partial charge in [-0.2, -0.15) is 0 Å². The summed E-state index contributed by atoms with van der Waals surface area (Å²) in [5, 5.41) is 5.95. The van der Waals surface area contributed by atoms with Crippen molar-refractivity contribution in [2.75, 3.05) is 5.32 Å². The molecule has 30 heavy (non-hydrogen) atoms. The summed E-state index contributed by atoms with van der Waals surface area (Å²) in [6, 6.07) is 18.9. The summed E-state index contributed by atoms with van der Waals surface area (Å²) < 4.78 is 6.88. The van der Waals surface area contributed by atoms with Gasteiger partial charge in [-0.15, -0.1) is 0 Å². The van der Waals surface area contributed by atoms with Gasteiger partial charge in [0.1, 0.15) is 5.52 Å². The van der Waals surface area contributed by atoms with E-state index in [0.717, 1.165) is 14.8 Å². The largest absolute Gasteiger partial charge is 0.436 e. The quantitative estimate of drug-likeness (QED) is 0.259. The lowest BCUT2D eigenvalue weighted by atomic mass is 10.1. The molecule has 150 valence electrons. The van der Waals surface area contributed by atoms with Crippen LogP contribution in [-0.2, 0) is 0 Å². The number of carbonyl (C=O) groups is 1. The Kier molecular flexibility index (Phi) is 5.83. The van der Waals surface area contributed by atoms with E-state index in [0.29, 0.717) is 22.6 Å². The van der Waals surface area contributed by atoms with Crippen molar-refractivity contribution in [3.05, 3.63) is 80.9 Å². The number of thiocarbonyl (C=S) groups is 1. The Morgan fingerprint density at radius 2 is 1.87 bits per heavy atom. The fourth-order valence-corrected chi connectivity index (χ4v) is 3.72. The highest BCUT2D eigenvalue weighted by molar-refractivity contribution is 14.1. The van der Waals surface area contributed by atoms with E-state index in [4.69, 9.17) is 16.6 Å². The van der Waals surface area contributed by atoms with Crippen LogP contribution in [-0.4, -0.2) is 16.0 Å². The maximum absolute atomic E-state index is 12.4. The zero-order valence-electron chi connectivity index (χ0n) is 16.3. The van der Waals surface area contributed by atoms with Gasteiger partial charge in [-0.3, -0.25) is 10.1 Å². The average molecular weight is 527 g/mol. The summed E-state index contributed by atoms with van der Waals surface area (Å²) in [7, 11) is 0. The number of oxazole rings is 1. The van der Waals surface area contributed by atoms with Crippen LogP contribution >= 0.6 is 34.8 Å². The smallest absolute Gasteiger partial charge is 0.257 e. The summed E-state index contributed by atoms with van der Waals surface area (Å²) in [4.78, 5) is 17.0. The molecular formula is C23H18IN3O2S. The van der Waals surface area contributed by atoms with Crippen molar-refractivity contribution in [1.82, 2.24) is 10.3 Å². The molecule has 1 aromatic heterocycles. The van der Waals surface area contributed by atoms with Crippen LogP contribution in [0.15, 0.2) is 65.1 Å². The van der Waals surface area contributed by atoms with E-state index >= 15 is 0 Å². The van der Waals surface area contributed by atoms with E-state index in [1.165, 1.54) is 11.1 Å². The van der Waals surface area contributed by atoms with Crippen LogP contribution in [0.3, 0.4) is 0 Å². The van der Waals surface area contributed by atoms with Crippen molar-refractivity contribution in [2.45, 2.75) is 13.8 Å². The average Bonchev–Trinajstić information content (AvgIpc) is 3.13. The minimum Gasteiger partial charge on any atom is -0.436 e. The number of rotatable bonds is 3. The van der Waals surface area contributed by atoms with Gasteiger partial charge < -0.3 is 9.73 Å². The van der Waals surface area contributed by atoms with Gasteiger partial charge in [-0.1, -0.05) is 12.1 Å². The maximum Gasteiger partial charge on any atom is 0.257 e. The number of aromatic nitrogens is 1. The Morgan fingerprint density at radius 3 is 2.63 bits per heavy atom. The molecular weight excluding hydrogens is 509 g/mol. The normalized spacial score (nSPS) is 10.8. The molecule has 4 rings (SSSR count). The number of fused-ring (bicyclic) bond motifs is 1. The highest BCUT2D eigenvalue weighted by atomic mass is 127. The summed E-state index contributed by atoms with van der Waals surface area (Å²) >= 11 is 7.45. The fourth-order valence-electron chi connectivity index (χ4n) is 2.97. The molecule has 0 aliphatic rings. The number of nitrogens with one attached hydrogen (secondary N) is 2. The van der Waals surface area contributed by atoms with Crippen LogP contribution < -0.4 is 10.6 Å². The number of amides is 1. The van der Waals surface area contributed by atoms with E-state index in [1.54, 1.807) is 12.1 Å². The molecule has 0 radical (unpaired) electrons.